The lowest BCUT2D eigenvalue weighted by atomic mass is 10.2. The average molecular weight is 396 g/mol. The van der Waals surface area contributed by atoms with Crippen molar-refractivity contribution in [2.45, 2.75) is 38.8 Å². The minimum atomic E-state index is -1.02. The van der Waals surface area contributed by atoms with Crippen LogP contribution in [0.5, 0.6) is 11.5 Å². The van der Waals surface area contributed by atoms with Crippen LogP contribution in [0.2, 0.25) is 0 Å². The van der Waals surface area contributed by atoms with Crippen LogP contribution in [0.4, 0.5) is 0 Å². The van der Waals surface area contributed by atoms with Crippen molar-refractivity contribution in [1.29, 1.82) is 0 Å². The van der Waals surface area contributed by atoms with E-state index in [-0.39, 0.29) is 12.6 Å². The van der Waals surface area contributed by atoms with E-state index < -0.39 is 23.8 Å². The Bertz CT molecular complexity index is 892. The number of hydrogen-bond acceptors (Lipinski definition) is 4. The van der Waals surface area contributed by atoms with Gasteiger partial charge in [0.15, 0.2) is 0 Å². The molecule has 2 unspecified atom stereocenters. The number of rotatable bonds is 6. The van der Waals surface area contributed by atoms with Gasteiger partial charge in [0, 0.05) is 11.6 Å². The predicted octanol–water partition coefficient (Wildman–Crippen LogP) is 2.98. The Morgan fingerprint density at radius 3 is 2.21 bits per heavy atom. The molecule has 1 fully saturated rings. The van der Waals surface area contributed by atoms with E-state index in [1.165, 1.54) is 4.90 Å². The number of likely N-dealkylation sites (tertiary alicyclic amines) is 1. The summed E-state index contributed by atoms with van der Waals surface area (Å²) in [6.07, 6.45) is 1.07. The van der Waals surface area contributed by atoms with Crippen LogP contribution in [-0.4, -0.2) is 46.4 Å². The Balaban J connectivity index is 1.56. The summed E-state index contributed by atoms with van der Waals surface area (Å²) < 4.78 is 5.73. The van der Waals surface area contributed by atoms with Gasteiger partial charge in [-0.3, -0.25) is 9.59 Å². The summed E-state index contributed by atoms with van der Waals surface area (Å²) in [4.78, 5) is 37.4. The van der Waals surface area contributed by atoms with E-state index in [1.807, 2.05) is 38.1 Å². The monoisotopic (exact) mass is 396 g/mol. The number of carbonyl (C=O) groups is 3. The Kier molecular flexibility index (Phi) is 6.16. The Morgan fingerprint density at radius 1 is 1.03 bits per heavy atom. The van der Waals surface area contributed by atoms with Gasteiger partial charge in [-0.05, 0) is 63.1 Å². The fourth-order valence-electron chi connectivity index (χ4n) is 3.41. The molecule has 0 aromatic heterocycles. The van der Waals surface area contributed by atoms with E-state index >= 15 is 0 Å². The molecule has 2 amide bonds. The average Bonchev–Trinajstić information content (AvgIpc) is 3.10. The number of hydrogen-bond donors (Lipinski definition) is 2. The molecule has 2 atom stereocenters. The van der Waals surface area contributed by atoms with Gasteiger partial charge in [0.1, 0.15) is 17.5 Å². The number of carboxylic acids is 1. The number of aryl methyl sites for hydroxylation is 1. The normalized spacial score (nSPS) is 18.3. The van der Waals surface area contributed by atoms with Gasteiger partial charge in [-0.2, -0.15) is 0 Å². The number of ether oxygens (including phenoxy) is 1. The third-order valence-corrected chi connectivity index (χ3v) is 5.01. The maximum atomic E-state index is 12.4. The molecule has 0 saturated carbocycles. The van der Waals surface area contributed by atoms with Crippen molar-refractivity contribution in [3.05, 3.63) is 59.7 Å². The van der Waals surface area contributed by atoms with Crippen molar-refractivity contribution in [3.8, 4) is 11.5 Å². The maximum absolute atomic E-state index is 12.4. The Morgan fingerprint density at radius 2 is 1.62 bits per heavy atom. The lowest BCUT2D eigenvalue weighted by Gasteiger charge is -2.26. The maximum Gasteiger partial charge on any atom is 0.326 e. The van der Waals surface area contributed by atoms with E-state index in [9.17, 15) is 19.5 Å². The van der Waals surface area contributed by atoms with Crippen LogP contribution < -0.4 is 10.1 Å². The molecule has 7 nitrogen and oxygen atoms in total. The highest BCUT2D eigenvalue weighted by molar-refractivity contribution is 5.97. The van der Waals surface area contributed by atoms with Crippen LogP contribution >= 0.6 is 0 Å². The summed E-state index contributed by atoms with van der Waals surface area (Å²) in [6, 6.07) is 13.2. The van der Waals surface area contributed by atoms with Crippen molar-refractivity contribution in [2.24, 2.45) is 0 Å². The van der Waals surface area contributed by atoms with Gasteiger partial charge in [-0.15, -0.1) is 0 Å². The smallest absolute Gasteiger partial charge is 0.326 e. The summed E-state index contributed by atoms with van der Waals surface area (Å²) in [7, 11) is 0. The number of benzene rings is 2. The number of amides is 2. The van der Waals surface area contributed by atoms with Gasteiger partial charge < -0.3 is 20.1 Å². The van der Waals surface area contributed by atoms with Crippen LogP contribution in [-0.2, 0) is 9.59 Å². The molecule has 1 saturated heterocycles. The van der Waals surface area contributed by atoms with Gasteiger partial charge in [-0.25, -0.2) is 4.79 Å². The number of carboxylic acid groups (broad SMARTS) is 1. The quantitative estimate of drug-likeness (QED) is 0.783. The van der Waals surface area contributed by atoms with Crippen molar-refractivity contribution in [1.82, 2.24) is 10.2 Å². The van der Waals surface area contributed by atoms with Crippen molar-refractivity contribution >= 4 is 17.8 Å². The first kappa shape index (κ1) is 20.4. The van der Waals surface area contributed by atoms with Gasteiger partial charge in [0.2, 0.25) is 5.91 Å². The predicted molar refractivity (Wildman–Crippen MR) is 107 cm³/mol. The van der Waals surface area contributed by atoms with E-state index in [1.54, 1.807) is 24.3 Å². The molecule has 152 valence electrons. The first-order valence-corrected chi connectivity index (χ1v) is 9.52. The molecule has 1 aliphatic rings. The van der Waals surface area contributed by atoms with E-state index in [0.717, 1.165) is 5.56 Å². The molecular formula is C22H24N2O5. The van der Waals surface area contributed by atoms with Gasteiger partial charge >= 0.3 is 5.97 Å². The fraction of sp³-hybridized carbons (Fsp3) is 0.318. The van der Waals surface area contributed by atoms with Crippen LogP contribution in [0.25, 0.3) is 0 Å². The van der Waals surface area contributed by atoms with Crippen molar-refractivity contribution in [2.75, 3.05) is 6.54 Å². The minimum absolute atomic E-state index is 0.154. The lowest BCUT2D eigenvalue weighted by molar-refractivity contribution is -0.149. The van der Waals surface area contributed by atoms with Crippen molar-refractivity contribution in [3.63, 3.8) is 0 Å². The standard InChI is InChI=1S/C22H24N2O5/c1-14-3-8-17(9-4-14)29-18-10-6-16(7-11-18)21(26)23-13-20(25)24-15(2)5-12-19(24)22(27)28/h3-4,6-11,15,19H,5,12-13H2,1-2H3,(H,23,26)(H,27,28). The van der Waals surface area contributed by atoms with Crippen LogP contribution in [0, 0.1) is 6.92 Å². The summed E-state index contributed by atoms with van der Waals surface area (Å²) in [5, 5.41) is 11.8. The van der Waals surface area contributed by atoms with Gasteiger partial charge in [0.25, 0.3) is 5.91 Å². The topological polar surface area (TPSA) is 95.9 Å². The molecule has 7 heteroatoms. The largest absolute Gasteiger partial charge is 0.480 e. The highest BCUT2D eigenvalue weighted by Gasteiger charge is 2.38. The molecule has 0 aliphatic carbocycles. The molecule has 2 aromatic rings. The third kappa shape index (κ3) is 4.93. The molecular weight excluding hydrogens is 372 g/mol. The van der Waals surface area contributed by atoms with Crippen LogP contribution in [0.1, 0.15) is 35.7 Å². The molecule has 2 aromatic carbocycles. The molecule has 1 aliphatic heterocycles. The van der Waals surface area contributed by atoms with Crippen molar-refractivity contribution < 1.29 is 24.2 Å². The first-order chi connectivity index (χ1) is 13.8. The SMILES string of the molecule is Cc1ccc(Oc2ccc(C(=O)NCC(=O)N3C(C)CCC3C(=O)O)cc2)cc1. The van der Waals surface area contributed by atoms with E-state index in [4.69, 9.17) is 4.74 Å². The third-order valence-electron chi connectivity index (χ3n) is 5.01. The minimum Gasteiger partial charge on any atom is -0.480 e. The van der Waals surface area contributed by atoms with Crippen LogP contribution in [0.3, 0.4) is 0 Å². The second-order valence-electron chi connectivity index (χ2n) is 7.20. The summed E-state index contributed by atoms with van der Waals surface area (Å²) >= 11 is 0. The highest BCUT2D eigenvalue weighted by Crippen LogP contribution is 2.24. The second-order valence-corrected chi connectivity index (χ2v) is 7.20. The first-order valence-electron chi connectivity index (χ1n) is 9.52. The van der Waals surface area contributed by atoms with Gasteiger partial charge in [0.05, 0.1) is 6.54 Å². The number of carbonyl (C=O) groups excluding carboxylic acids is 2. The fourth-order valence-corrected chi connectivity index (χ4v) is 3.41. The van der Waals surface area contributed by atoms with Crippen LogP contribution in [0.15, 0.2) is 48.5 Å². The van der Waals surface area contributed by atoms with E-state index in [2.05, 4.69) is 5.32 Å². The zero-order valence-electron chi connectivity index (χ0n) is 16.4. The summed E-state index contributed by atoms with van der Waals surface area (Å²) in [5.74, 6) is -0.519. The molecule has 29 heavy (non-hydrogen) atoms. The summed E-state index contributed by atoms with van der Waals surface area (Å²) in [5.41, 5.74) is 1.52. The Labute approximate surface area is 169 Å². The Hall–Kier alpha value is -3.35. The number of aliphatic carboxylic acids is 1. The summed E-state index contributed by atoms with van der Waals surface area (Å²) in [6.45, 7) is 3.57. The second kappa shape index (κ2) is 8.77. The molecule has 3 rings (SSSR count). The number of nitrogens with zero attached hydrogens (tertiary/aromatic N) is 1. The van der Waals surface area contributed by atoms with E-state index in [0.29, 0.717) is 29.9 Å². The molecule has 0 bridgehead atoms. The lowest BCUT2D eigenvalue weighted by Crippen LogP contribution is -2.48. The molecule has 0 radical (unpaired) electrons. The highest BCUT2D eigenvalue weighted by atomic mass is 16.5. The zero-order chi connectivity index (χ0) is 21.0. The molecule has 0 spiro atoms. The number of nitrogens with one attached hydrogen (secondary N) is 1. The zero-order valence-corrected chi connectivity index (χ0v) is 16.4. The molecule has 2 N–H and O–H groups in total. The van der Waals surface area contributed by atoms with Gasteiger partial charge in [-0.1, -0.05) is 17.7 Å². The molecule has 1 heterocycles.